The molecule has 0 radical (unpaired) electrons. The van der Waals surface area contributed by atoms with Gasteiger partial charge in [-0.15, -0.1) is 11.3 Å². The van der Waals surface area contributed by atoms with Crippen LogP contribution in [0.15, 0.2) is 17.8 Å². The van der Waals surface area contributed by atoms with Crippen molar-refractivity contribution in [1.82, 2.24) is 9.97 Å². The number of hydrogen-bond donors (Lipinski definition) is 1. The van der Waals surface area contributed by atoms with Crippen molar-refractivity contribution < 1.29 is 8.42 Å². The molecule has 0 saturated carbocycles. The molecule has 2 aliphatic rings. The molecule has 0 fully saturated rings. The minimum Gasteiger partial charge on any atom is -0.362 e. The van der Waals surface area contributed by atoms with E-state index in [1.54, 1.807) is 23.7 Å². The van der Waals surface area contributed by atoms with Crippen LogP contribution in [0.3, 0.4) is 0 Å². The predicted octanol–water partition coefficient (Wildman–Crippen LogP) is 1.90. The molecule has 0 aromatic carbocycles. The quantitative estimate of drug-likeness (QED) is 0.917. The molecule has 3 heterocycles. The maximum Gasteiger partial charge on any atom is 0.173 e. The van der Waals surface area contributed by atoms with Crippen molar-refractivity contribution >= 4 is 37.2 Å². The van der Waals surface area contributed by atoms with E-state index < -0.39 is 9.84 Å². The fraction of sp³-hybridized carbons (Fsp3) is 0.385. The summed E-state index contributed by atoms with van der Waals surface area (Å²) in [7, 11) is -3.05. The van der Waals surface area contributed by atoms with Crippen molar-refractivity contribution in [3.8, 4) is 0 Å². The second-order valence-corrected chi connectivity index (χ2v) is 8.18. The zero-order valence-electron chi connectivity index (χ0n) is 10.7. The topological polar surface area (TPSA) is 72.0 Å². The van der Waals surface area contributed by atoms with E-state index in [2.05, 4.69) is 15.3 Å². The first-order chi connectivity index (χ1) is 9.62. The van der Waals surface area contributed by atoms with Gasteiger partial charge in [0, 0.05) is 10.3 Å². The van der Waals surface area contributed by atoms with Crippen molar-refractivity contribution in [2.24, 2.45) is 0 Å². The largest absolute Gasteiger partial charge is 0.362 e. The van der Waals surface area contributed by atoms with E-state index in [4.69, 9.17) is 0 Å². The molecule has 0 amide bonds. The lowest BCUT2D eigenvalue weighted by Crippen LogP contribution is -2.21. The van der Waals surface area contributed by atoms with Gasteiger partial charge in [0.25, 0.3) is 0 Å². The Bertz CT molecular complexity index is 823. The molecule has 2 aromatic rings. The molecule has 4 rings (SSSR count). The molecule has 0 spiro atoms. The van der Waals surface area contributed by atoms with Gasteiger partial charge in [-0.1, -0.05) is 0 Å². The summed E-state index contributed by atoms with van der Waals surface area (Å²) < 4.78 is 22.9. The molecular weight excluding hydrogens is 294 g/mol. The summed E-state index contributed by atoms with van der Waals surface area (Å²) in [5.74, 6) is 0.867. The van der Waals surface area contributed by atoms with E-state index in [0.717, 1.165) is 28.9 Å². The van der Waals surface area contributed by atoms with E-state index in [9.17, 15) is 8.42 Å². The maximum atomic E-state index is 11.5. The van der Waals surface area contributed by atoms with Crippen LogP contribution < -0.4 is 5.32 Å². The van der Waals surface area contributed by atoms with Crippen LogP contribution in [0.5, 0.6) is 0 Å². The molecule has 0 saturated heterocycles. The number of thiophene rings is 1. The van der Waals surface area contributed by atoms with Gasteiger partial charge in [0.1, 0.15) is 17.0 Å². The van der Waals surface area contributed by atoms with Crippen LogP contribution in [0.4, 0.5) is 5.82 Å². The van der Waals surface area contributed by atoms with Crippen LogP contribution in [-0.4, -0.2) is 30.2 Å². The Kier molecular flexibility index (Phi) is 2.62. The Morgan fingerprint density at radius 2 is 2.20 bits per heavy atom. The first kappa shape index (κ1) is 12.3. The zero-order valence-corrected chi connectivity index (χ0v) is 12.3. The van der Waals surface area contributed by atoms with Gasteiger partial charge in [-0.2, -0.15) is 0 Å². The Balaban J connectivity index is 1.75. The van der Waals surface area contributed by atoms with Crippen LogP contribution in [0, 0.1) is 0 Å². The number of hydrogen-bond acceptors (Lipinski definition) is 6. The number of nitrogens with zero attached hydrogens (tertiary/aromatic N) is 2. The molecular formula is C13H13N3O2S2. The molecule has 104 valence electrons. The first-order valence-corrected chi connectivity index (χ1v) is 9.08. The van der Waals surface area contributed by atoms with E-state index in [1.165, 1.54) is 22.3 Å². The summed E-state index contributed by atoms with van der Waals surface area (Å²) in [6, 6.07) is -0.199. The number of aryl methyl sites for hydroxylation is 2. The van der Waals surface area contributed by atoms with Crippen molar-refractivity contribution in [2.45, 2.75) is 25.3 Å². The van der Waals surface area contributed by atoms with Gasteiger partial charge in [-0.3, -0.25) is 0 Å². The van der Waals surface area contributed by atoms with Gasteiger partial charge in [0.15, 0.2) is 9.84 Å². The Hall–Kier alpha value is -1.47. The molecule has 7 heteroatoms. The zero-order chi connectivity index (χ0) is 13.7. The van der Waals surface area contributed by atoms with Gasteiger partial charge in [-0.25, -0.2) is 18.4 Å². The molecule has 1 N–H and O–H groups in total. The molecule has 20 heavy (non-hydrogen) atoms. The fourth-order valence-electron chi connectivity index (χ4n) is 2.88. The van der Waals surface area contributed by atoms with E-state index in [1.807, 2.05) is 0 Å². The number of nitrogens with one attached hydrogen (secondary N) is 1. The number of sulfone groups is 1. The third-order valence-corrected chi connectivity index (χ3v) is 6.35. The van der Waals surface area contributed by atoms with E-state index in [0.29, 0.717) is 0 Å². The summed E-state index contributed by atoms with van der Waals surface area (Å²) in [6.45, 7) is 0. The average Bonchev–Trinajstić information content (AvgIpc) is 3.03. The minimum absolute atomic E-state index is 0.102. The molecule has 5 nitrogen and oxygen atoms in total. The standard InChI is InChI=1S/C13H13N3O2S2/c17-20(18)5-4-8(6-20)16-12-11-9-2-1-3-10(9)19-13(11)15-7-14-12/h4-5,7-8H,1-3,6H2,(H,14,15,16). The van der Waals surface area contributed by atoms with Gasteiger partial charge in [0.05, 0.1) is 17.2 Å². The van der Waals surface area contributed by atoms with E-state index in [-0.39, 0.29) is 11.8 Å². The highest BCUT2D eigenvalue weighted by atomic mass is 32.2. The normalized spacial score (nSPS) is 23.3. The average molecular weight is 307 g/mol. The smallest absolute Gasteiger partial charge is 0.173 e. The Morgan fingerprint density at radius 1 is 1.30 bits per heavy atom. The number of fused-ring (bicyclic) bond motifs is 3. The second-order valence-electron chi connectivity index (χ2n) is 5.17. The SMILES string of the molecule is O=S1(=O)C=CC(Nc2ncnc3sc4c(c23)CCC4)C1. The predicted molar refractivity (Wildman–Crippen MR) is 79.8 cm³/mol. The summed E-state index contributed by atoms with van der Waals surface area (Å²) in [6.07, 6.45) is 6.60. The second kappa shape index (κ2) is 4.26. The van der Waals surface area contributed by atoms with Gasteiger partial charge in [0.2, 0.25) is 0 Å². The molecule has 2 aromatic heterocycles. The third kappa shape index (κ3) is 1.92. The summed E-state index contributed by atoms with van der Waals surface area (Å²) in [5.41, 5.74) is 1.35. The lowest BCUT2D eigenvalue weighted by Gasteiger charge is -2.11. The summed E-state index contributed by atoms with van der Waals surface area (Å²) in [5, 5.41) is 5.61. The van der Waals surface area contributed by atoms with Gasteiger partial charge in [-0.05, 0) is 30.9 Å². The monoisotopic (exact) mass is 307 g/mol. The lowest BCUT2D eigenvalue weighted by atomic mass is 10.2. The van der Waals surface area contributed by atoms with Gasteiger partial charge < -0.3 is 5.32 Å². The van der Waals surface area contributed by atoms with Gasteiger partial charge >= 0.3 is 0 Å². The molecule has 0 bridgehead atoms. The first-order valence-electron chi connectivity index (χ1n) is 6.55. The van der Waals surface area contributed by atoms with Crippen molar-refractivity contribution in [2.75, 3.05) is 11.1 Å². The number of rotatable bonds is 2. The van der Waals surface area contributed by atoms with E-state index >= 15 is 0 Å². The number of aromatic nitrogens is 2. The van der Waals surface area contributed by atoms with Crippen LogP contribution in [0.25, 0.3) is 10.2 Å². The Labute approximate surface area is 120 Å². The molecule has 1 atom stereocenters. The maximum absolute atomic E-state index is 11.5. The lowest BCUT2D eigenvalue weighted by molar-refractivity contribution is 0.605. The molecule has 1 unspecified atom stereocenters. The van der Waals surface area contributed by atoms with Crippen molar-refractivity contribution in [3.63, 3.8) is 0 Å². The van der Waals surface area contributed by atoms with Crippen LogP contribution in [0.1, 0.15) is 16.9 Å². The van der Waals surface area contributed by atoms with Crippen molar-refractivity contribution in [1.29, 1.82) is 0 Å². The highest BCUT2D eigenvalue weighted by Gasteiger charge is 2.25. The van der Waals surface area contributed by atoms with Crippen LogP contribution in [-0.2, 0) is 22.7 Å². The minimum atomic E-state index is -3.05. The Morgan fingerprint density at radius 3 is 3.00 bits per heavy atom. The van der Waals surface area contributed by atoms with Crippen molar-refractivity contribution in [3.05, 3.63) is 28.3 Å². The fourth-order valence-corrected chi connectivity index (χ4v) is 5.34. The summed E-state index contributed by atoms with van der Waals surface area (Å²) in [4.78, 5) is 11.1. The van der Waals surface area contributed by atoms with Crippen LogP contribution >= 0.6 is 11.3 Å². The highest BCUT2D eigenvalue weighted by molar-refractivity contribution is 7.94. The molecule has 1 aliphatic carbocycles. The third-order valence-electron chi connectivity index (χ3n) is 3.75. The molecule has 1 aliphatic heterocycles. The summed E-state index contributed by atoms with van der Waals surface area (Å²) >= 11 is 1.73. The number of anilines is 1. The van der Waals surface area contributed by atoms with Crippen LogP contribution in [0.2, 0.25) is 0 Å². The highest BCUT2D eigenvalue weighted by Crippen LogP contribution is 2.39.